The Balaban J connectivity index is 1.88. The number of benzene rings is 1. The molecule has 3 rings (SSSR count). The molecule has 0 spiro atoms. The van der Waals surface area contributed by atoms with Gasteiger partial charge in [-0.25, -0.2) is 0 Å². The van der Waals surface area contributed by atoms with Crippen molar-refractivity contribution in [2.75, 3.05) is 11.9 Å². The molecule has 0 saturated heterocycles. The number of thiophene rings is 1. The third-order valence-corrected chi connectivity index (χ3v) is 5.25. The molecule has 24 heavy (non-hydrogen) atoms. The molecule has 2 amide bonds. The fourth-order valence-electron chi connectivity index (χ4n) is 2.84. The number of nitrogens with zero attached hydrogens (tertiary/aromatic N) is 2. The van der Waals surface area contributed by atoms with Crippen molar-refractivity contribution in [2.45, 2.75) is 26.8 Å². The smallest absolute Gasteiger partial charge is 0.256 e. The topological polar surface area (TPSA) is 73.2 Å². The highest BCUT2D eigenvalue weighted by molar-refractivity contribution is 7.16. The normalized spacial score (nSPS) is 13.1. The maximum absolute atomic E-state index is 12.4. The molecule has 0 aliphatic carbocycles. The first kappa shape index (κ1) is 16.2. The monoisotopic (exact) mass is 339 g/mol. The Kier molecular flexibility index (Phi) is 4.36. The lowest BCUT2D eigenvalue weighted by Gasteiger charge is -2.25. The van der Waals surface area contributed by atoms with Gasteiger partial charge in [0.1, 0.15) is 11.1 Å². The van der Waals surface area contributed by atoms with Crippen LogP contribution in [0.3, 0.4) is 0 Å². The minimum absolute atomic E-state index is 0.0258. The van der Waals surface area contributed by atoms with Crippen LogP contribution in [0, 0.1) is 18.3 Å². The van der Waals surface area contributed by atoms with Crippen LogP contribution in [-0.4, -0.2) is 23.3 Å². The molecule has 0 unspecified atom stereocenters. The molecule has 1 aliphatic rings. The highest BCUT2D eigenvalue weighted by Crippen LogP contribution is 2.36. The lowest BCUT2D eigenvalue weighted by atomic mass is 10.0. The summed E-state index contributed by atoms with van der Waals surface area (Å²) in [6.45, 7) is 4.59. The lowest BCUT2D eigenvalue weighted by Crippen LogP contribution is -2.33. The summed E-state index contributed by atoms with van der Waals surface area (Å²) in [6.07, 6.45) is 0.647. The van der Waals surface area contributed by atoms with Crippen LogP contribution in [0.1, 0.15) is 38.8 Å². The Labute approximate surface area is 144 Å². The number of nitriles is 1. The summed E-state index contributed by atoms with van der Waals surface area (Å²) in [5.74, 6) is -0.199. The van der Waals surface area contributed by atoms with E-state index in [-0.39, 0.29) is 11.8 Å². The fourth-order valence-corrected chi connectivity index (χ4v) is 4.05. The SMILES string of the molecule is CC(=O)N1CCc2c(sc(NC(=O)c3cccc(C)c3)c2C#N)C1. The molecular formula is C18H17N3O2S. The van der Waals surface area contributed by atoms with Crippen LogP contribution in [0.25, 0.3) is 0 Å². The minimum Gasteiger partial charge on any atom is -0.337 e. The van der Waals surface area contributed by atoms with Gasteiger partial charge in [0.05, 0.1) is 12.1 Å². The van der Waals surface area contributed by atoms with Crippen molar-refractivity contribution >= 4 is 28.2 Å². The molecule has 1 aromatic heterocycles. The summed E-state index contributed by atoms with van der Waals surface area (Å²) in [5, 5.41) is 12.9. The number of carbonyl (C=O) groups excluding carboxylic acids is 2. The number of rotatable bonds is 2. The first-order chi connectivity index (χ1) is 11.5. The summed E-state index contributed by atoms with van der Waals surface area (Å²) >= 11 is 1.39. The molecule has 0 fully saturated rings. The molecule has 1 N–H and O–H groups in total. The summed E-state index contributed by atoms with van der Waals surface area (Å²) in [4.78, 5) is 26.7. The van der Waals surface area contributed by atoms with E-state index in [1.165, 1.54) is 11.3 Å². The van der Waals surface area contributed by atoms with Gasteiger partial charge in [0.15, 0.2) is 0 Å². The number of anilines is 1. The molecule has 2 heterocycles. The van der Waals surface area contributed by atoms with E-state index in [0.717, 1.165) is 16.0 Å². The maximum atomic E-state index is 12.4. The molecule has 0 radical (unpaired) electrons. The second-order valence-electron chi connectivity index (χ2n) is 5.83. The standard InChI is InChI=1S/C18H17N3O2S/c1-11-4-3-5-13(8-11)17(23)20-18-15(9-19)14-6-7-21(12(2)22)10-16(14)24-18/h3-5,8H,6-7,10H2,1-2H3,(H,20,23). The Morgan fingerprint density at radius 1 is 1.38 bits per heavy atom. The second kappa shape index (κ2) is 6.46. The van der Waals surface area contributed by atoms with Gasteiger partial charge in [0, 0.05) is 23.9 Å². The molecule has 2 aromatic rings. The van der Waals surface area contributed by atoms with Crippen LogP contribution in [0.15, 0.2) is 24.3 Å². The number of fused-ring (bicyclic) bond motifs is 1. The predicted octanol–water partition coefficient (Wildman–Crippen LogP) is 3.09. The van der Waals surface area contributed by atoms with E-state index in [2.05, 4.69) is 11.4 Å². The summed E-state index contributed by atoms with van der Waals surface area (Å²) < 4.78 is 0. The molecule has 122 valence electrons. The Bertz CT molecular complexity index is 864. The van der Waals surface area contributed by atoms with Crippen molar-refractivity contribution < 1.29 is 9.59 Å². The highest BCUT2D eigenvalue weighted by Gasteiger charge is 2.26. The van der Waals surface area contributed by atoms with E-state index in [9.17, 15) is 14.9 Å². The van der Waals surface area contributed by atoms with Crippen LogP contribution >= 0.6 is 11.3 Å². The van der Waals surface area contributed by atoms with Crippen LogP contribution in [-0.2, 0) is 17.8 Å². The Hall–Kier alpha value is -2.65. The first-order valence-corrected chi connectivity index (χ1v) is 8.49. The first-order valence-electron chi connectivity index (χ1n) is 7.67. The summed E-state index contributed by atoms with van der Waals surface area (Å²) in [5.41, 5.74) is 3.06. The van der Waals surface area contributed by atoms with Crippen LogP contribution in [0.2, 0.25) is 0 Å². The summed E-state index contributed by atoms with van der Waals surface area (Å²) in [7, 11) is 0. The van der Waals surface area contributed by atoms with Gasteiger partial charge < -0.3 is 10.2 Å². The van der Waals surface area contributed by atoms with Crippen LogP contribution in [0.5, 0.6) is 0 Å². The van der Waals surface area contributed by atoms with Crippen molar-refractivity contribution in [1.29, 1.82) is 5.26 Å². The molecule has 1 aliphatic heterocycles. The molecule has 0 atom stereocenters. The quantitative estimate of drug-likeness (QED) is 0.914. The van der Waals surface area contributed by atoms with Crippen molar-refractivity contribution in [3.8, 4) is 6.07 Å². The Morgan fingerprint density at radius 3 is 2.83 bits per heavy atom. The number of hydrogen-bond donors (Lipinski definition) is 1. The number of aryl methyl sites for hydroxylation is 1. The van der Waals surface area contributed by atoms with Crippen molar-refractivity contribution in [1.82, 2.24) is 4.90 Å². The van der Waals surface area contributed by atoms with E-state index >= 15 is 0 Å². The molecular weight excluding hydrogens is 322 g/mol. The van der Waals surface area contributed by atoms with Gasteiger partial charge in [-0.1, -0.05) is 17.7 Å². The van der Waals surface area contributed by atoms with E-state index in [4.69, 9.17) is 0 Å². The van der Waals surface area contributed by atoms with Gasteiger partial charge in [-0.2, -0.15) is 5.26 Å². The molecule has 6 heteroatoms. The van der Waals surface area contributed by atoms with Crippen LogP contribution < -0.4 is 5.32 Å². The van der Waals surface area contributed by atoms with E-state index in [0.29, 0.717) is 35.6 Å². The third kappa shape index (κ3) is 3.03. The van der Waals surface area contributed by atoms with Crippen molar-refractivity contribution in [2.24, 2.45) is 0 Å². The molecule has 1 aromatic carbocycles. The van der Waals surface area contributed by atoms with Gasteiger partial charge in [0.25, 0.3) is 5.91 Å². The Morgan fingerprint density at radius 2 is 2.17 bits per heavy atom. The largest absolute Gasteiger partial charge is 0.337 e. The van der Waals surface area contributed by atoms with Crippen molar-refractivity contribution in [3.63, 3.8) is 0 Å². The number of amides is 2. The zero-order valence-electron chi connectivity index (χ0n) is 13.5. The average molecular weight is 339 g/mol. The minimum atomic E-state index is -0.225. The zero-order chi connectivity index (χ0) is 17.3. The lowest BCUT2D eigenvalue weighted by molar-refractivity contribution is -0.129. The number of nitrogens with one attached hydrogen (secondary N) is 1. The van der Waals surface area contributed by atoms with E-state index in [1.54, 1.807) is 17.9 Å². The molecule has 0 saturated carbocycles. The number of carbonyl (C=O) groups is 2. The predicted molar refractivity (Wildman–Crippen MR) is 93.0 cm³/mol. The second-order valence-corrected chi connectivity index (χ2v) is 6.94. The van der Waals surface area contributed by atoms with Gasteiger partial charge >= 0.3 is 0 Å². The van der Waals surface area contributed by atoms with Gasteiger partial charge in [-0.15, -0.1) is 11.3 Å². The highest BCUT2D eigenvalue weighted by atomic mass is 32.1. The van der Waals surface area contributed by atoms with Gasteiger partial charge in [0.2, 0.25) is 5.91 Å². The maximum Gasteiger partial charge on any atom is 0.256 e. The third-order valence-electron chi connectivity index (χ3n) is 4.12. The average Bonchev–Trinajstić information content (AvgIpc) is 2.90. The number of hydrogen-bond acceptors (Lipinski definition) is 4. The molecule has 0 bridgehead atoms. The van der Waals surface area contributed by atoms with Gasteiger partial charge in [-0.3, -0.25) is 9.59 Å². The van der Waals surface area contributed by atoms with E-state index < -0.39 is 0 Å². The van der Waals surface area contributed by atoms with E-state index in [1.807, 2.05) is 25.1 Å². The summed E-state index contributed by atoms with van der Waals surface area (Å²) in [6, 6.07) is 9.53. The fraction of sp³-hybridized carbons (Fsp3) is 0.278. The molecule has 5 nitrogen and oxygen atoms in total. The van der Waals surface area contributed by atoms with Crippen molar-refractivity contribution in [3.05, 3.63) is 51.4 Å². The zero-order valence-corrected chi connectivity index (χ0v) is 14.4. The van der Waals surface area contributed by atoms with Gasteiger partial charge in [-0.05, 0) is 31.0 Å². The van der Waals surface area contributed by atoms with Crippen LogP contribution in [0.4, 0.5) is 5.00 Å².